The number of hydrogen-bond acceptors (Lipinski definition) is 4. The SMILES string of the molecule is COC(=O)C1CC2(CCCO2)CC1C(=O)O. The minimum Gasteiger partial charge on any atom is -0.481 e. The van der Waals surface area contributed by atoms with Crippen molar-refractivity contribution < 1.29 is 24.2 Å². The van der Waals surface area contributed by atoms with Crippen LogP contribution in [0.3, 0.4) is 0 Å². The van der Waals surface area contributed by atoms with E-state index in [1.807, 2.05) is 0 Å². The quantitative estimate of drug-likeness (QED) is 0.708. The third-order valence-corrected chi connectivity index (χ3v) is 3.68. The number of esters is 1. The molecule has 1 heterocycles. The highest BCUT2D eigenvalue weighted by molar-refractivity contribution is 5.82. The predicted molar refractivity (Wildman–Crippen MR) is 53.8 cm³/mol. The topological polar surface area (TPSA) is 72.8 Å². The van der Waals surface area contributed by atoms with Crippen LogP contribution in [-0.4, -0.2) is 36.4 Å². The average molecular weight is 228 g/mol. The zero-order chi connectivity index (χ0) is 11.8. The van der Waals surface area contributed by atoms with Gasteiger partial charge in [-0.15, -0.1) is 0 Å². The minimum absolute atomic E-state index is 0.387. The first-order valence-electron chi connectivity index (χ1n) is 5.52. The Morgan fingerprint density at radius 2 is 2.06 bits per heavy atom. The number of carbonyl (C=O) groups is 2. The van der Waals surface area contributed by atoms with E-state index < -0.39 is 23.8 Å². The van der Waals surface area contributed by atoms with Gasteiger partial charge in [-0.1, -0.05) is 0 Å². The summed E-state index contributed by atoms with van der Waals surface area (Å²) in [4.78, 5) is 22.6. The van der Waals surface area contributed by atoms with Crippen molar-refractivity contribution in [1.29, 1.82) is 0 Å². The van der Waals surface area contributed by atoms with E-state index in [0.717, 1.165) is 12.8 Å². The summed E-state index contributed by atoms with van der Waals surface area (Å²) in [6.45, 7) is 0.667. The Kier molecular flexibility index (Phi) is 2.88. The van der Waals surface area contributed by atoms with Crippen LogP contribution in [0.5, 0.6) is 0 Å². The number of carboxylic acid groups (broad SMARTS) is 1. The monoisotopic (exact) mass is 228 g/mol. The summed E-state index contributed by atoms with van der Waals surface area (Å²) in [5.74, 6) is -2.58. The first kappa shape index (κ1) is 11.4. The van der Waals surface area contributed by atoms with Crippen molar-refractivity contribution in [1.82, 2.24) is 0 Å². The molecule has 1 N–H and O–H groups in total. The molecule has 90 valence electrons. The molecule has 1 aliphatic carbocycles. The van der Waals surface area contributed by atoms with Crippen molar-refractivity contribution >= 4 is 11.9 Å². The lowest BCUT2D eigenvalue weighted by molar-refractivity contribution is -0.154. The molecule has 2 rings (SSSR count). The molecule has 1 aliphatic heterocycles. The molecule has 0 aromatic rings. The Morgan fingerprint density at radius 3 is 2.56 bits per heavy atom. The standard InChI is InChI=1S/C11H16O5/c1-15-10(14)8-6-11(3-2-4-16-11)5-7(8)9(12)13/h7-8H,2-6H2,1H3,(H,12,13). The summed E-state index contributed by atoms with van der Waals surface area (Å²) >= 11 is 0. The number of methoxy groups -OCH3 is 1. The van der Waals surface area contributed by atoms with E-state index >= 15 is 0 Å². The maximum absolute atomic E-state index is 11.5. The van der Waals surface area contributed by atoms with E-state index in [2.05, 4.69) is 4.74 Å². The first-order valence-corrected chi connectivity index (χ1v) is 5.52. The van der Waals surface area contributed by atoms with Crippen LogP contribution >= 0.6 is 0 Å². The van der Waals surface area contributed by atoms with Crippen molar-refractivity contribution in [2.45, 2.75) is 31.3 Å². The second kappa shape index (κ2) is 4.05. The van der Waals surface area contributed by atoms with E-state index in [1.54, 1.807) is 0 Å². The van der Waals surface area contributed by atoms with Crippen molar-refractivity contribution in [3.8, 4) is 0 Å². The zero-order valence-corrected chi connectivity index (χ0v) is 9.27. The second-order valence-corrected chi connectivity index (χ2v) is 4.62. The molecule has 1 spiro atoms. The largest absolute Gasteiger partial charge is 0.481 e. The third-order valence-electron chi connectivity index (χ3n) is 3.68. The first-order chi connectivity index (χ1) is 7.58. The third kappa shape index (κ3) is 1.80. The molecular formula is C11H16O5. The van der Waals surface area contributed by atoms with Crippen molar-refractivity contribution in [2.75, 3.05) is 13.7 Å². The van der Waals surface area contributed by atoms with Crippen molar-refractivity contribution in [3.63, 3.8) is 0 Å². The fourth-order valence-corrected chi connectivity index (χ4v) is 2.90. The molecule has 0 bridgehead atoms. The van der Waals surface area contributed by atoms with Crippen LogP contribution in [-0.2, 0) is 19.1 Å². The Labute approximate surface area is 93.7 Å². The molecule has 16 heavy (non-hydrogen) atoms. The average Bonchev–Trinajstić information content (AvgIpc) is 2.86. The van der Waals surface area contributed by atoms with Gasteiger partial charge in [0.05, 0.1) is 24.5 Å². The van der Waals surface area contributed by atoms with Gasteiger partial charge in [0.2, 0.25) is 0 Å². The van der Waals surface area contributed by atoms with E-state index in [-0.39, 0.29) is 5.60 Å². The minimum atomic E-state index is -0.928. The molecule has 1 saturated heterocycles. The van der Waals surface area contributed by atoms with Crippen LogP contribution in [0.4, 0.5) is 0 Å². The Balaban J connectivity index is 2.17. The van der Waals surface area contributed by atoms with Gasteiger partial charge in [0.25, 0.3) is 0 Å². The highest BCUT2D eigenvalue weighted by atomic mass is 16.5. The van der Waals surface area contributed by atoms with Crippen molar-refractivity contribution in [3.05, 3.63) is 0 Å². The van der Waals surface area contributed by atoms with Gasteiger partial charge in [0, 0.05) is 6.61 Å². The van der Waals surface area contributed by atoms with Gasteiger partial charge in [-0.25, -0.2) is 0 Å². The molecule has 0 amide bonds. The van der Waals surface area contributed by atoms with E-state index in [0.29, 0.717) is 19.4 Å². The van der Waals surface area contributed by atoms with E-state index in [4.69, 9.17) is 9.84 Å². The second-order valence-electron chi connectivity index (χ2n) is 4.62. The molecule has 3 atom stereocenters. The molecule has 2 fully saturated rings. The normalized spacial score (nSPS) is 37.8. The summed E-state index contributed by atoms with van der Waals surface area (Å²) < 4.78 is 10.3. The highest BCUT2D eigenvalue weighted by Crippen LogP contribution is 2.47. The lowest BCUT2D eigenvalue weighted by atomic mass is 9.97. The number of carbonyl (C=O) groups excluding carboxylic acids is 1. The maximum atomic E-state index is 11.5. The summed E-state index contributed by atoms with van der Waals surface area (Å²) in [6.07, 6.45) is 2.71. The van der Waals surface area contributed by atoms with Crippen LogP contribution in [0, 0.1) is 11.8 Å². The van der Waals surface area contributed by atoms with Crippen molar-refractivity contribution in [2.24, 2.45) is 11.8 Å². The zero-order valence-electron chi connectivity index (χ0n) is 9.27. The lowest BCUT2D eigenvalue weighted by Crippen LogP contribution is -2.26. The summed E-state index contributed by atoms with van der Waals surface area (Å²) in [7, 11) is 1.29. The smallest absolute Gasteiger partial charge is 0.309 e. The Hall–Kier alpha value is -1.10. The predicted octanol–water partition coefficient (Wildman–Crippen LogP) is 0.819. The number of ether oxygens (including phenoxy) is 2. The Bertz CT molecular complexity index is 305. The van der Waals surface area contributed by atoms with Crippen LogP contribution in [0.15, 0.2) is 0 Å². The van der Waals surface area contributed by atoms with Crippen LogP contribution in [0.25, 0.3) is 0 Å². The van der Waals surface area contributed by atoms with Gasteiger partial charge < -0.3 is 14.6 Å². The van der Waals surface area contributed by atoms with Gasteiger partial charge >= 0.3 is 11.9 Å². The maximum Gasteiger partial charge on any atom is 0.309 e. The number of carboxylic acids is 1. The van der Waals surface area contributed by atoms with Gasteiger partial charge in [0.15, 0.2) is 0 Å². The van der Waals surface area contributed by atoms with Gasteiger partial charge in [0.1, 0.15) is 0 Å². The van der Waals surface area contributed by atoms with Gasteiger partial charge in [-0.2, -0.15) is 0 Å². The van der Waals surface area contributed by atoms with Crippen LogP contribution in [0.2, 0.25) is 0 Å². The number of hydrogen-bond donors (Lipinski definition) is 1. The molecule has 3 unspecified atom stereocenters. The van der Waals surface area contributed by atoms with E-state index in [1.165, 1.54) is 7.11 Å². The van der Waals surface area contributed by atoms with Gasteiger partial charge in [-0.05, 0) is 25.7 Å². The summed E-state index contributed by atoms with van der Waals surface area (Å²) in [6, 6.07) is 0. The van der Waals surface area contributed by atoms with Crippen LogP contribution < -0.4 is 0 Å². The molecule has 0 radical (unpaired) electrons. The summed E-state index contributed by atoms with van der Waals surface area (Å²) in [5.41, 5.74) is -0.387. The molecule has 2 aliphatic rings. The summed E-state index contributed by atoms with van der Waals surface area (Å²) in [5, 5.41) is 9.11. The molecule has 5 nitrogen and oxygen atoms in total. The molecule has 1 saturated carbocycles. The molecule has 0 aromatic carbocycles. The molecular weight excluding hydrogens is 212 g/mol. The fourth-order valence-electron chi connectivity index (χ4n) is 2.90. The lowest BCUT2D eigenvalue weighted by Gasteiger charge is -2.21. The number of aliphatic carboxylic acids is 1. The van der Waals surface area contributed by atoms with Crippen LogP contribution in [0.1, 0.15) is 25.7 Å². The fraction of sp³-hybridized carbons (Fsp3) is 0.818. The molecule has 0 aromatic heterocycles. The van der Waals surface area contributed by atoms with Gasteiger partial charge in [-0.3, -0.25) is 9.59 Å². The number of rotatable bonds is 2. The highest BCUT2D eigenvalue weighted by Gasteiger charge is 2.53. The Morgan fingerprint density at radius 1 is 1.38 bits per heavy atom. The van der Waals surface area contributed by atoms with E-state index in [9.17, 15) is 9.59 Å². The molecule has 5 heteroatoms.